The third-order valence-corrected chi connectivity index (χ3v) is 3.76. The number of rotatable bonds is 7. The van der Waals surface area contributed by atoms with Crippen molar-refractivity contribution in [2.45, 2.75) is 71.3 Å². The third kappa shape index (κ3) is 3.89. The highest BCUT2D eigenvalue weighted by atomic mass is 16.3. The predicted octanol–water partition coefficient (Wildman–Crippen LogP) is 3.32. The number of ketones is 1. The first kappa shape index (κ1) is 13.7. The zero-order valence-electron chi connectivity index (χ0n) is 10.7. The maximum Gasteiger partial charge on any atom is 0.138 e. The summed E-state index contributed by atoms with van der Waals surface area (Å²) in [7, 11) is 0. The molecule has 1 N–H and O–H groups in total. The van der Waals surface area contributed by atoms with Gasteiger partial charge in [0.15, 0.2) is 0 Å². The van der Waals surface area contributed by atoms with Gasteiger partial charge in [-0.05, 0) is 18.8 Å². The Hall–Kier alpha value is -0.370. The van der Waals surface area contributed by atoms with E-state index in [0.717, 1.165) is 38.5 Å². The van der Waals surface area contributed by atoms with Crippen LogP contribution in [-0.2, 0) is 4.79 Å². The first-order valence-electron chi connectivity index (χ1n) is 6.89. The standard InChI is InChI=1S/C14H26O2/c1-3-5-6-8-13(15)12-9-11(7-4-2)10-14(12)16/h11-13,15H,3-10H2,1-2H3. The summed E-state index contributed by atoms with van der Waals surface area (Å²) in [5.74, 6) is 0.805. The largest absolute Gasteiger partial charge is 0.392 e. The molecule has 0 aliphatic heterocycles. The van der Waals surface area contributed by atoms with E-state index in [0.29, 0.717) is 18.1 Å². The van der Waals surface area contributed by atoms with Crippen LogP contribution in [0.25, 0.3) is 0 Å². The van der Waals surface area contributed by atoms with Gasteiger partial charge in [-0.2, -0.15) is 0 Å². The predicted molar refractivity (Wildman–Crippen MR) is 66.3 cm³/mol. The fourth-order valence-electron chi connectivity index (χ4n) is 2.81. The molecule has 0 aromatic heterocycles. The number of aliphatic hydroxyl groups excluding tert-OH is 1. The van der Waals surface area contributed by atoms with Crippen LogP contribution in [0.5, 0.6) is 0 Å². The van der Waals surface area contributed by atoms with Crippen LogP contribution in [0.15, 0.2) is 0 Å². The quantitative estimate of drug-likeness (QED) is 0.676. The summed E-state index contributed by atoms with van der Waals surface area (Å²) in [6.45, 7) is 4.32. The topological polar surface area (TPSA) is 37.3 Å². The highest BCUT2D eigenvalue weighted by Gasteiger charge is 2.35. The van der Waals surface area contributed by atoms with Crippen LogP contribution < -0.4 is 0 Å². The van der Waals surface area contributed by atoms with E-state index in [1.165, 1.54) is 6.42 Å². The molecule has 0 saturated heterocycles. The van der Waals surface area contributed by atoms with Crippen LogP contribution in [0.2, 0.25) is 0 Å². The van der Waals surface area contributed by atoms with Crippen LogP contribution >= 0.6 is 0 Å². The minimum atomic E-state index is -0.374. The smallest absolute Gasteiger partial charge is 0.138 e. The second-order valence-electron chi connectivity index (χ2n) is 5.23. The lowest BCUT2D eigenvalue weighted by atomic mass is 9.93. The van der Waals surface area contributed by atoms with E-state index in [1.54, 1.807) is 0 Å². The number of hydrogen-bond donors (Lipinski definition) is 1. The number of Topliss-reactive ketones (excluding diaryl/α,β-unsaturated/α-hetero) is 1. The first-order chi connectivity index (χ1) is 7.69. The van der Waals surface area contributed by atoms with Crippen LogP contribution in [0.1, 0.15) is 65.2 Å². The number of unbranched alkanes of at least 4 members (excludes halogenated alkanes) is 2. The Kier molecular flexibility index (Phi) is 6.04. The number of hydrogen-bond acceptors (Lipinski definition) is 2. The molecule has 1 fully saturated rings. The Balaban J connectivity index is 2.32. The van der Waals surface area contributed by atoms with Gasteiger partial charge < -0.3 is 5.11 Å². The third-order valence-electron chi connectivity index (χ3n) is 3.76. The molecular weight excluding hydrogens is 200 g/mol. The molecule has 1 rings (SSSR count). The molecule has 0 spiro atoms. The van der Waals surface area contributed by atoms with Gasteiger partial charge >= 0.3 is 0 Å². The van der Waals surface area contributed by atoms with E-state index in [1.807, 2.05) is 0 Å². The van der Waals surface area contributed by atoms with Crippen molar-refractivity contribution in [3.05, 3.63) is 0 Å². The molecule has 1 aliphatic rings. The molecule has 0 aromatic rings. The Morgan fingerprint density at radius 1 is 1.31 bits per heavy atom. The number of carbonyl (C=O) groups excluding carboxylic acids is 1. The molecule has 0 amide bonds. The fraction of sp³-hybridized carbons (Fsp3) is 0.929. The SMILES string of the molecule is CCCCCC(O)C1CC(CCC)CC1=O. The maximum absolute atomic E-state index is 11.8. The van der Waals surface area contributed by atoms with Crippen molar-refractivity contribution < 1.29 is 9.90 Å². The maximum atomic E-state index is 11.8. The Morgan fingerprint density at radius 2 is 2.06 bits per heavy atom. The van der Waals surface area contributed by atoms with E-state index in [2.05, 4.69) is 13.8 Å². The Labute approximate surface area is 99.4 Å². The van der Waals surface area contributed by atoms with Gasteiger partial charge in [0, 0.05) is 12.3 Å². The lowest BCUT2D eigenvalue weighted by molar-refractivity contribution is -0.123. The van der Waals surface area contributed by atoms with Crippen molar-refractivity contribution in [3.8, 4) is 0 Å². The second-order valence-corrected chi connectivity index (χ2v) is 5.23. The molecule has 0 radical (unpaired) electrons. The van der Waals surface area contributed by atoms with E-state index >= 15 is 0 Å². The fourth-order valence-corrected chi connectivity index (χ4v) is 2.81. The van der Waals surface area contributed by atoms with Crippen LogP contribution in [0.4, 0.5) is 0 Å². The average Bonchev–Trinajstić information content (AvgIpc) is 2.60. The van der Waals surface area contributed by atoms with Gasteiger partial charge in [0.2, 0.25) is 0 Å². The van der Waals surface area contributed by atoms with Gasteiger partial charge in [-0.3, -0.25) is 4.79 Å². The van der Waals surface area contributed by atoms with Crippen molar-refractivity contribution in [3.63, 3.8) is 0 Å². The molecule has 0 bridgehead atoms. The van der Waals surface area contributed by atoms with Gasteiger partial charge in [0.1, 0.15) is 5.78 Å². The molecular formula is C14H26O2. The van der Waals surface area contributed by atoms with Gasteiger partial charge in [0.25, 0.3) is 0 Å². The summed E-state index contributed by atoms with van der Waals surface area (Å²) in [6, 6.07) is 0. The summed E-state index contributed by atoms with van der Waals surface area (Å²) < 4.78 is 0. The molecule has 94 valence electrons. The monoisotopic (exact) mass is 226 g/mol. The summed E-state index contributed by atoms with van der Waals surface area (Å²) in [5.41, 5.74) is 0. The molecule has 3 unspecified atom stereocenters. The molecule has 16 heavy (non-hydrogen) atoms. The second kappa shape index (κ2) is 7.05. The average molecular weight is 226 g/mol. The van der Waals surface area contributed by atoms with Gasteiger partial charge in [-0.25, -0.2) is 0 Å². The summed E-state index contributed by atoms with van der Waals surface area (Å²) in [4.78, 5) is 11.8. The van der Waals surface area contributed by atoms with Gasteiger partial charge in [-0.1, -0.05) is 46.0 Å². The van der Waals surface area contributed by atoms with E-state index in [9.17, 15) is 9.90 Å². The first-order valence-corrected chi connectivity index (χ1v) is 6.89. The van der Waals surface area contributed by atoms with Crippen molar-refractivity contribution in [2.75, 3.05) is 0 Å². The van der Waals surface area contributed by atoms with E-state index in [-0.39, 0.29) is 12.0 Å². The lowest BCUT2D eigenvalue weighted by Crippen LogP contribution is -2.23. The van der Waals surface area contributed by atoms with Crippen molar-refractivity contribution >= 4 is 5.78 Å². The minimum absolute atomic E-state index is 0.0478. The van der Waals surface area contributed by atoms with Crippen LogP contribution in [0.3, 0.4) is 0 Å². The highest BCUT2D eigenvalue weighted by molar-refractivity contribution is 5.83. The molecule has 1 saturated carbocycles. The number of aliphatic hydroxyl groups is 1. The molecule has 0 aromatic carbocycles. The zero-order chi connectivity index (χ0) is 12.0. The molecule has 1 aliphatic carbocycles. The molecule has 2 nitrogen and oxygen atoms in total. The van der Waals surface area contributed by atoms with Crippen molar-refractivity contribution in [1.82, 2.24) is 0 Å². The minimum Gasteiger partial charge on any atom is -0.392 e. The summed E-state index contributed by atoms with van der Waals surface area (Å²) in [5, 5.41) is 10.0. The Morgan fingerprint density at radius 3 is 2.69 bits per heavy atom. The van der Waals surface area contributed by atoms with E-state index in [4.69, 9.17) is 0 Å². The summed E-state index contributed by atoms with van der Waals surface area (Å²) >= 11 is 0. The van der Waals surface area contributed by atoms with Crippen LogP contribution in [0, 0.1) is 11.8 Å². The zero-order valence-corrected chi connectivity index (χ0v) is 10.7. The van der Waals surface area contributed by atoms with Gasteiger partial charge in [-0.15, -0.1) is 0 Å². The lowest BCUT2D eigenvalue weighted by Gasteiger charge is -2.16. The Bertz CT molecular complexity index is 213. The van der Waals surface area contributed by atoms with E-state index < -0.39 is 0 Å². The van der Waals surface area contributed by atoms with Crippen molar-refractivity contribution in [1.29, 1.82) is 0 Å². The molecule has 0 heterocycles. The molecule has 2 heteroatoms. The molecule has 3 atom stereocenters. The number of carbonyl (C=O) groups is 1. The van der Waals surface area contributed by atoms with Crippen LogP contribution in [-0.4, -0.2) is 17.0 Å². The highest BCUT2D eigenvalue weighted by Crippen LogP contribution is 2.34. The normalized spacial score (nSPS) is 27.3. The summed E-state index contributed by atoms with van der Waals surface area (Å²) in [6.07, 6.45) is 7.76. The van der Waals surface area contributed by atoms with Crippen molar-refractivity contribution in [2.24, 2.45) is 11.8 Å². The van der Waals surface area contributed by atoms with Gasteiger partial charge in [0.05, 0.1) is 6.10 Å².